The number of para-hydroxylation sites is 1. The summed E-state index contributed by atoms with van der Waals surface area (Å²) in [7, 11) is 0. The van der Waals surface area contributed by atoms with E-state index in [1.165, 1.54) is 11.1 Å². The Balaban J connectivity index is 1.16. The molecule has 0 aliphatic rings. The summed E-state index contributed by atoms with van der Waals surface area (Å²) in [4.78, 5) is 4.83. The van der Waals surface area contributed by atoms with Gasteiger partial charge in [-0.25, -0.2) is 0 Å². The van der Waals surface area contributed by atoms with Crippen LogP contribution in [0.15, 0.2) is 271 Å². The minimum Gasteiger partial charge on any atom is -0.454 e. The Hall–Kier alpha value is -8.92. The third-order valence-electron chi connectivity index (χ3n) is 12.8. The van der Waals surface area contributed by atoms with E-state index in [0.717, 1.165) is 100 Å². The second-order valence-corrected chi connectivity index (χ2v) is 16.9. The van der Waals surface area contributed by atoms with Crippen molar-refractivity contribution in [1.82, 2.24) is 0 Å². The Morgan fingerprint density at radius 1 is 0.239 bits per heavy atom. The molecule has 12 rings (SSSR count). The fraction of sp³-hybridized carbons (Fsp3) is 0. The van der Waals surface area contributed by atoms with Gasteiger partial charge in [0.1, 0.15) is 5.58 Å². The van der Waals surface area contributed by atoms with Gasteiger partial charge < -0.3 is 14.2 Å². The Morgan fingerprint density at radius 2 is 0.582 bits per heavy atom. The van der Waals surface area contributed by atoms with Gasteiger partial charge in [0.2, 0.25) is 0 Å². The van der Waals surface area contributed by atoms with Gasteiger partial charge in [0, 0.05) is 38.9 Å². The molecule has 0 fully saturated rings. The maximum absolute atomic E-state index is 7.29. The van der Waals surface area contributed by atoms with Crippen LogP contribution in [-0.4, -0.2) is 0 Å². The molecule has 1 heterocycles. The quantitative estimate of drug-likeness (QED) is 0.128. The molecule has 0 aliphatic carbocycles. The molecule has 12 aromatic rings. The van der Waals surface area contributed by atoms with Crippen molar-refractivity contribution in [2.75, 3.05) is 9.80 Å². The lowest BCUT2D eigenvalue weighted by molar-refractivity contribution is 0.669. The highest BCUT2D eigenvalue weighted by molar-refractivity contribution is 6.28. The summed E-state index contributed by atoms with van der Waals surface area (Å²) in [5.41, 5.74) is 17.0. The summed E-state index contributed by atoms with van der Waals surface area (Å²) in [6.07, 6.45) is 0. The summed E-state index contributed by atoms with van der Waals surface area (Å²) >= 11 is 0. The van der Waals surface area contributed by atoms with E-state index < -0.39 is 0 Å². The lowest BCUT2D eigenvalue weighted by atomic mass is 9.96. The molecule has 11 aromatic carbocycles. The monoisotopic (exact) mass is 856 g/mol. The Kier molecular flexibility index (Phi) is 10.2. The fourth-order valence-corrected chi connectivity index (χ4v) is 9.65. The average molecular weight is 857 g/mol. The minimum atomic E-state index is 0.803. The molecule has 316 valence electrons. The van der Waals surface area contributed by atoms with Crippen LogP contribution in [0.3, 0.4) is 0 Å². The highest BCUT2D eigenvalue weighted by atomic mass is 16.3. The molecule has 0 radical (unpaired) electrons. The molecule has 0 saturated carbocycles. The summed E-state index contributed by atoms with van der Waals surface area (Å²) in [6, 6.07) is 95.4. The first-order chi connectivity index (χ1) is 33.2. The van der Waals surface area contributed by atoms with Crippen LogP contribution in [0.2, 0.25) is 0 Å². The first kappa shape index (κ1) is 39.7. The Bertz CT molecular complexity index is 3660. The SMILES string of the molecule is c1ccc(-c2ccc(N(c3cccc(-c4ccccc4)c3)c3c4ccccc4c(N(c4ccc(-c5ccccc5)cc4)c4cccc(-c5ccccc5)c4)c4c3oc3ccccc34)cc2)cc1. The molecule has 0 amide bonds. The van der Waals surface area contributed by atoms with Crippen molar-refractivity contribution >= 4 is 66.8 Å². The number of anilines is 6. The predicted octanol–water partition coefficient (Wildman–Crippen LogP) is 18.3. The first-order valence-corrected chi connectivity index (χ1v) is 22.8. The van der Waals surface area contributed by atoms with E-state index in [1.54, 1.807) is 0 Å². The van der Waals surface area contributed by atoms with Gasteiger partial charge >= 0.3 is 0 Å². The van der Waals surface area contributed by atoms with Gasteiger partial charge in [-0.2, -0.15) is 0 Å². The van der Waals surface area contributed by atoms with Gasteiger partial charge in [0.05, 0.1) is 16.8 Å². The van der Waals surface area contributed by atoms with E-state index in [2.05, 4.69) is 277 Å². The standard InChI is InChI=1S/C64H44N2O/c1-5-19-45(20-6-1)49-35-39-53(40-36-49)65(55-29-17-27-51(43-55)47-23-9-3-10-24-47)62-57-31-13-14-32-58(57)63(64-61(62)59-33-15-16-34-60(59)67-64)66(54-41-37-50(38-42-54)46-21-7-2-8-22-46)56-30-18-28-52(44-56)48-25-11-4-12-26-48/h1-44H. The normalized spacial score (nSPS) is 11.3. The van der Waals surface area contributed by atoms with Gasteiger partial charge in [0.15, 0.2) is 5.58 Å². The van der Waals surface area contributed by atoms with E-state index >= 15 is 0 Å². The van der Waals surface area contributed by atoms with Gasteiger partial charge in [-0.05, 0) is 99.1 Å². The van der Waals surface area contributed by atoms with Crippen LogP contribution in [0, 0.1) is 0 Å². The zero-order valence-corrected chi connectivity index (χ0v) is 36.7. The fourth-order valence-electron chi connectivity index (χ4n) is 9.65. The van der Waals surface area contributed by atoms with Crippen LogP contribution in [0.5, 0.6) is 0 Å². The smallest absolute Gasteiger partial charge is 0.162 e. The van der Waals surface area contributed by atoms with Crippen molar-refractivity contribution in [1.29, 1.82) is 0 Å². The lowest BCUT2D eigenvalue weighted by Crippen LogP contribution is -2.14. The Morgan fingerprint density at radius 3 is 1.04 bits per heavy atom. The number of hydrogen-bond acceptors (Lipinski definition) is 3. The topological polar surface area (TPSA) is 19.6 Å². The van der Waals surface area contributed by atoms with E-state index in [0.29, 0.717) is 0 Å². The van der Waals surface area contributed by atoms with E-state index in [4.69, 9.17) is 4.42 Å². The van der Waals surface area contributed by atoms with Gasteiger partial charge in [-0.3, -0.25) is 0 Å². The van der Waals surface area contributed by atoms with Crippen LogP contribution < -0.4 is 9.80 Å². The molecule has 0 unspecified atom stereocenters. The van der Waals surface area contributed by atoms with Crippen LogP contribution in [-0.2, 0) is 0 Å². The van der Waals surface area contributed by atoms with Crippen molar-refractivity contribution in [3.05, 3.63) is 267 Å². The Labute approximate surface area is 390 Å². The average Bonchev–Trinajstić information content (AvgIpc) is 3.80. The largest absolute Gasteiger partial charge is 0.454 e. The van der Waals surface area contributed by atoms with E-state index in [1.807, 2.05) is 0 Å². The highest BCUT2D eigenvalue weighted by Crippen LogP contribution is 2.54. The van der Waals surface area contributed by atoms with E-state index in [-0.39, 0.29) is 0 Å². The first-order valence-electron chi connectivity index (χ1n) is 22.8. The van der Waals surface area contributed by atoms with Crippen LogP contribution in [0.4, 0.5) is 34.1 Å². The molecule has 0 aliphatic heterocycles. The molecule has 0 atom stereocenters. The van der Waals surface area contributed by atoms with Crippen LogP contribution in [0.25, 0.3) is 77.2 Å². The summed E-state index contributed by atoms with van der Waals surface area (Å²) in [5, 5.41) is 4.24. The second-order valence-electron chi connectivity index (χ2n) is 16.9. The molecular weight excluding hydrogens is 813 g/mol. The third-order valence-corrected chi connectivity index (χ3v) is 12.8. The van der Waals surface area contributed by atoms with Crippen molar-refractivity contribution in [2.45, 2.75) is 0 Å². The van der Waals surface area contributed by atoms with Crippen molar-refractivity contribution in [2.24, 2.45) is 0 Å². The number of furan rings is 1. The number of fused-ring (bicyclic) bond motifs is 4. The highest BCUT2D eigenvalue weighted by Gasteiger charge is 2.29. The maximum Gasteiger partial charge on any atom is 0.162 e. The molecule has 3 heteroatoms. The number of nitrogens with zero attached hydrogens (tertiary/aromatic N) is 2. The lowest BCUT2D eigenvalue weighted by Gasteiger charge is -2.32. The van der Waals surface area contributed by atoms with Crippen molar-refractivity contribution in [3.8, 4) is 44.5 Å². The molecular formula is C64H44N2O. The zero-order valence-electron chi connectivity index (χ0n) is 36.7. The van der Waals surface area contributed by atoms with Crippen molar-refractivity contribution in [3.63, 3.8) is 0 Å². The van der Waals surface area contributed by atoms with Crippen LogP contribution >= 0.6 is 0 Å². The molecule has 0 saturated heterocycles. The molecule has 1 aromatic heterocycles. The predicted molar refractivity (Wildman–Crippen MR) is 282 cm³/mol. The molecule has 3 nitrogen and oxygen atoms in total. The minimum absolute atomic E-state index is 0.803. The number of rotatable bonds is 10. The molecule has 0 bridgehead atoms. The molecule has 0 spiro atoms. The zero-order chi connectivity index (χ0) is 44.5. The van der Waals surface area contributed by atoms with Gasteiger partial charge in [-0.1, -0.05) is 212 Å². The van der Waals surface area contributed by atoms with Gasteiger partial charge in [-0.15, -0.1) is 0 Å². The van der Waals surface area contributed by atoms with Crippen molar-refractivity contribution < 1.29 is 4.42 Å². The summed E-state index contributed by atoms with van der Waals surface area (Å²) < 4.78 is 7.29. The number of hydrogen-bond donors (Lipinski definition) is 0. The van der Waals surface area contributed by atoms with Crippen LogP contribution in [0.1, 0.15) is 0 Å². The van der Waals surface area contributed by atoms with E-state index in [9.17, 15) is 0 Å². The molecule has 67 heavy (non-hydrogen) atoms. The van der Waals surface area contributed by atoms with Gasteiger partial charge in [0.25, 0.3) is 0 Å². The summed E-state index contributed by atoms with van der Waals surface area (Å²) in [5.74, 6) is 0. The third kappa shape index (κ3) is 7.39. The number of benzene rings is 11. The molecule has 0 N–H and O–H groups in total. The summed E-state index contributed by atoms with van der Waals surface area (Å²) in [6.45, 7) is 0. The maximum atomic E-state index is 7.29. The second kappa shape index (κ2) is 17.2.